The van der Waals surface area contributed by atoms with Crippen molar-refractivity contribution >= 4 is 17.6 Å². The summed E-state index contributed by atoms with van der Waals surface area (Å²) in [5.74, 6) is 0.840. The van der Waals surface area contributed by atoms with Crippen molar-refractivity contribution in [3.63, 3.8) is 0 Å². The summed E-state index contributed by atoms with van der Waals surface area (Å²) in [5.41, 5.74) is 1.39. The number of carbonyl (C=O) groups excluding carboxylic acids is 2. The third-order valence-electron chi connectivity index (χ3n) is 6.38. The van der Waals surface area contributed by atoms with E-state index in [4.69, 9.17) is 9.47 Å². The quantitative estimate of drug-likeness (QED) is 0.703. The van der Waals surface area contributed by atoms with Gasteiger partial charge in [0.05, 0.1) is 24.1 Å². The molecule has 1 aromatic carbocycles. The Morgan fingerprint density at radius 2 is 1.90 bits per heavy atom. The number of pyridine rings is 1. The highest BCUT2D eigenvalue weighted by Crippen LogP contribution is 2.47. The number of hydrogen-bond acceptors (Lipinski definition) is 5. The van der Waals surface area contributed by atoms with Crippen LogP contribution in [0, 0.1) is 0 Å². The second-order valence-corrected chi connectivity index (χ2v) is 7.99. The molecule has 0 radical (unpaired) electrons. The molecule has 1 N–H and O–H groups in total. The zero-order valence-electron chi connectivity index (χ0n) is 17.8. The van der Waals surface area contributed by atoms with Gasteiger partial charge in [0.15, 0.2) is 0 Å². The Labute approximate surface area is 176 Å². The number of fused-ring (bicyclic) bond motifs is 1. The van der Waals surface area contributed by atoms with Crippen LogP contribution in [-0.4, -0.2) is 22.5 Å². The molecule has 1 saturated heterocycles. The first-order valence-corrected chi connectivity index (χ1v) is 10.4. The first kappa shape index (κ1) is 20.3. The Balaban J connectivity index is 1.60. The van der Waals surface area contributed by atoms with Crippen LogP contribution in [0.2, 0.25) is 0 Å². The molecule has 1 atom stereocenters. The number of carbonyl (C=O) groups is 2. The molecule has 2 aliphatic heterocycles. The molecule has 0 unspecified atom stereocenters. The number of nitrogens with one attached hydrogen (secondary N) is 1. The second-order valence-electron chi connectivity index (χ2n) is 7.99. The Morgan fingerprint density at radius 3 is 2.50 bits per heavy atom. The third kappa shape index (κ3) is 3.04. The van der Waals surface area contributed by atoms with Crippen LogP contribution in [0.3, 0.4) is 0 Å². The Hall–Kier alpha value is -2.93. The predicted octanol–water partition coefficient (Wildman–Crippen LogP) is 4.64. The summed E-state index contributed by atoms with van der Waals surface area (Å²) >= 11 is 0. The van der Waals surface area contributed by atoms with Crippen LogP contribution < -0.4 is 15.0 Å². The van der Waals surface area contributed by atoms with E-state index in [-0.39, 0.29) is 11.5 Å². The monoisotopic (exact) mass is 409 g/mol. The molecular formula is C23H27N3O4. The molecule has 2 aromatic rings. The van der Waals surface area contributed by atoms with E-state index < -0.39 is 11.6 Å². The van der Waals surface area contributed by atoms with E-state index in [1.807, 2.05) is 19.1 Å². The van der Waals surface area contributed by atoms with Crippen LogP contribution in [0.1, 0.15) is 58.1 Å². The molecule has 0 spiro atoms. The molecule has 2 aliphatic rings. The number of ether oxygens (including phenoxy) is 2. The van der Waals surface area contributed by atoms with Crippen molar-refractivity contribution < 1.29 is 19.1 Å². The topological polar surface area (TPSA) is 80.8 Å². The van der Waals surface area contributed by atoms with E-state index in [1.165, 1.54) is 6.20 Å². The minimum atomic E-state index is -0.888. The first-order valence-electron chi connectivity index (χ1n) is 10.4. The van der Waals surface area contributed by atoms with Gasteiger partial charge in [0.25, 0.3) is 5.91 Å². The van der Waals surface area contributed by atoms with Crippen LogP contribution >= 0.6 is 0 Å². The summed E-state index contributed by atoms with van der Waals surface area (Å²) in [7, 11) is 0. The molecule has 7 nitrogen and oxygen atoms in total. The van der Waals surface area contributed by atoms with Crippen molar-refractivity contribution in [3.05, 3.63) is 47.7 Å². The molecule has 7 heteroatoms. The number of amides is 3. The molecule has 0 bridgehead atoms. The van der Waals surface area contributed by atoms with E-state index in [1.54, 1.807) is 19.1 Å². The van der Waals surface area contributed by atoms with Crippen LogP contribution in [0.15, 0.2) is 36.5 Å². The van der Waals surface area contributed by atoms with Gasteiger partial charge in [0.2, 0.25) is 5.88 Å². The number of aromatic nitrogens is 1. The van der Waals surface area contributed by atoms with Crippen molar-refractivity contribution in [2.75, 3.05) is 4.90 Å². The van der Waals surface area contributed by atoms with Gasteiger partial charge in [-0.25, -0.2) is 14.7 Å². The Bertz CT molecular complexity index is 984. The standard InChI is InChI=1S/C23H27N3O4/c1-5-22(4)20(27)26(21(28)25-22)16-11-12-18(24-13-16)30-17-10-8-9-15-14-29-23(6-2,7-3)19(15)17/h8-13H,5-7,14H2,1-4H3,(H,25,28)/t22-/m1/s1. The highest BCUT2D eigenvalue weighted by atomic mass is 16.5. The minimum absolute atomic E-state index is 0.279. The minimum Gasteiger partial charge on any atom is -0.439 e. The summed E-state index contributed by atoms with van der Waals surface area (Å²) in [4.78, 5) is 30.5. The fourth-order valence-corrected chi connectivity index (χ4v) is 4.23. The normalized spacial score (nSPS) is 22.2. The number of imide groups is 1. The maximum Gasteiger partial charge on any atom is 0.329 e. The lowest BCUT2D eigenvalue weighted by atomic mass is 9.87. The van der Waals surface area contributed by atoms with Gasteiger partial charge in [-0.1, -0.05) is 32.9 Å². The molecule has 3 amide bonds. The number of hydrogen-bond donors (Lipinski definition) is 1. The molecular weight excluding hydrogens is 382 g/mol. The molecule has 1 fully saturated rings. The lowest BCUT2D eigenvalue weighted by Gasteiger charge is -2.28. The van der Waals surface area contributed by atoms with Crippen molar-refractivity contribution in [3.8, 4) is 11.6 Å². The summed E-state index contributed by atoms with van der Waals surface area (Å²) in [6.07, 6.45) is 3.71. The molecule has 0 saturated carbocycles. The van der Waals surface area contributed by atoms with Gasteiger partial charge in [0, 0.05) is 11.6 Å². The summed E-state index contributed by atoms with van der Waals surface area (Å²) in [6, 6.07) is 8.85. The van der Waals surface area contributed by atoms with Gasteiger partial charge >= 0.3 is 6.03 Å². The predicted molar refractivity (Wildman–Crippen MR) is 113 cm³/mol. The van der Waals surface area contributed by atoms with E-state index in [9.17, 15) is 9.59 Å². The number of benzene rings is 1. The smallest absolute Gasteiger partial charge is 0.329 e. The summed E-state index contributed by atoms with van der Waals surface area (Å²) < 4.78 is 12.3. The highest BCUT2D eigenvalue weighted by molar-refractivity contribution is 6.23. The number of anilines is 1. The molecule has 30 heavy (non-hydrogen) atoms. The second kappa shape index (κ2) is 7.40. The van der Waals surface area contributed by atoms with Gasteiger partial charge in [0.1, 0.15) is 11.3 Å². The van der Waals surface area contributed by atoms with Crippen molar-refractivity contribution in [1.29, 1.82) is 0 Å². The van der Waals surface area contributed by atoms with E-state index in [0.29, 0.717) is 24.6 Å². The fraction of sp³-hybridized carbons (Fsp3) is 0.435. The summed E-state index contributed by atoms with van der Waals surface area (Å²) in [6.45, 7) is 8.40. The Kier molecular flexibility index (Phi) is 5.02. The molecule has 4 rings (SSSR count). The average Bonchev–Trinajstić information content (AvgIpc) is 3.25. The van der Waals surface area contributed by atoms with Crippen LogP contribution in [0.5, 0.6) is 11.6 Å². The van der Waals surface area contributed by atoms with Gasteiger partial charge in [-0.05, 0) is 43.9 Å². The third-order valence-corrected chi connectivity index (χ3v) is 6.38. The van der Waals surface area contributed by atoms with Crippen LogP contribution in [0.4, 0.5) is 10.5 Å². The van der Waals surface area contributed by atoms with Crippen molar-refractivity contribution in [2.24, 2.45) is 0 Å². The van der Waals surface area contributed by atoms with Gasteiger partial charge < -0.3 is 14.8 Å². The SMILES string of the molecule is CCC1(CC)OCc2cccc(Oc3ccc(N4C(=O)N[C@](C)(CC)C4=O)cn3)c21. The maximum absolute atomic E-state index is 12.7. The molecule has 3 heterocycles. The van der Waals surface area contributed by atoms with E-state index in [2.05, 4.69) is 30.2 Å². The zero-order valence-corrected chi connectivity index (χ0v) is 17.8. The maximum atomic E-state index is 12.7. The fourth-order valence-electron chi connectivity index (χ4n) is 4.23. The molecule has 158 valence electrons. The largest absolute Gasteiger partial charge is 0.439 e. The number of rotatable bonds is 6. The first-order chi connectivity index (χ1) is 14.4. The van der Waals surface area contributed by atoms with Crippen LogP contribution in [-0.2, 0) is 21.7 Å². The number of nitrogens with zero attached hydrogens (tertiary/aromatic N) is 2. The lowest BCUT2D eigenvalue weighted by molar-refractivity contribution is -0.121. The molecule has 0 aliphatic carbocycles. The van der Waals surface area contributed by atoms with Gasteiger partial charge in [-0.15, -0.1) is 0 Å². The summed E-state index contributed by atoms with van der Waals surface area (Å²) in [5, 5.41) is 2.75. The molecule has 1 aromatic heterocycles. The van der Waals surface area contributed by atoms with Gasteiger partial charge in [-0.3, -0.25) is 4.79 Å². The van der Waals surface area contributed by atoms with E-state index >= 15 is 0 Å². The average molecular weight is 409 g/mol. The van der Waals surface area contributed by atoms with Gasteiger partial charge in [-0.2, -0.15) is 0 Å². The van der Waals surface area contributed by atoms with Crippen molar-refractivity contribution in [1.82, 2.24) is 10.3 Å². The lowest BCUT2D eigenvalue weighted by Crippen LogP contribution is -2.43. The van der Waals surface area contributed by atoms with Crippen molar-refractivity contribution in [2.45, 2.75) is 64.7 Å². The zero-order chi connectivity index (χ0) is 21.5. The highest BCUT2D eigenvalue weighted by Gasteiger charge is 2.47. The number of urea groups is 1. The Morgan fingerprint density at radius 1 is 1.13 bits per heavy atom. The van der Waals surface area contributed by atoms with E-state index in [0.717, 1.165) is 34.6 Å². The van der Waals surface area contributed by atoms with Crippen LogP contribution in [0.25, 0.3) is 0 Å².